The van der Waals surface area contributed by atoms with Gasteiger partial charge in [0.25, 0.3) is 0 Å². The molecule has 3 aromatic rings. The van der Waals surface area contributed by atoms with E-state index in [1.54, 1.807) is 11.0 Å². The number of hydrogen-bond donors (Lipinski definition) is 1. The van der Waals surface area contributed by atoms with Crippen LogP contribution in [0.5, 0.6) is 5.75 Å². The van der Waals surface area contributed by atoms with Gasteiger partial charge in [-0.2, -0.15) is 0 Å². The summed E-state index contributed by atoms with van der Waals surface area (Å²) < 4.78 is 21.5. The largest absolute Gasteiger partial charge is 0.483 e. The molecule has 1 saturated heterocycles. The first-order chi connectivity index (χ1) is 13.5. The van der Waals surface area contributed by atoms with Gasteiger partial charge in [0.1, 0.15) is 17.2 Å². The van der Waals surface area contributed by atoms with Gasteiger partial charge >= 0.3 is 6.03 Å². The molecule has 0 saturated carbocycles. The second-order valence-electron chi connectivity index (χ2n) is 7.87. The molecule has 0 radical (unpaired) electrons. The molecule has 6 heteroatoms. The minimum atomic E-state index is -0.328. The lowest BCUT2D eigenvalue weighted by Crippen LogP contribution is -2.68. The predicted molar refractivity (Wildman–Crippen MR) is 105 cm³/mol. The number of nitrogens with zero attached hydrogens (tertiary/aromatic N) is 2. The number of aryl methyl sites for hydroxylation is 2. The molecule has 2 aliphatic rings. The molecular weight excluding hydrogens is 357 g/mol. The van der Waals surface area contributed by atoms with Crippen molar-refractivity contribution in [2.75, 3.05) is 13.1 Å². The molecule has 5 nitrogen and oxygen atoms in total. The zero-order chi connectivity index (χ0) is 19.3. The molecule has 2 aliphatic heterocycles. The van der Waals surface area contributed by atoms with Gasteiger partial charge in [0, 0.05) is 25.3 Å². The lowest BCUT2D eigenvalue weighted by Gasteiger charge is -2.51. The molecule has 3 heterocycles. The Morgan fingerprint density at radius 1 is 1.21 bits per heavy atom. The van der Waals surface area contributed by atoms with Crippen LogP contribution in [0.3, 0.4) is 0 Å². The maximum atomic E-state index is 13.3. The second-order valence-corrected chi connectivity index (χ2v) is 7.87. The lowest BCUT2D eigenvalue weighted by molar-refractivity contribution is -0.0678. The Balaban J connectivity index is 1.18. The van der Waals surface area contributed by atoms with Gasteiger partial charge in [-0.25, -0.2) is 9.18 Å². The summed E-state index contributed by atoms with van der Waals surface area (Å²) in [5.74, 6) is 0.505. The van der Waals surface area contributed by atoms with Crippen LogP contribution in [0.2, 0.25) is 0 Å². The van der Waals surface area contributed by atoms with Crippen LogP contribution in [0.15, 0.2) is 48.7 Å². The van der Waals surface area contributed by atoms with Crippen LogP contribution in [-0.2, 0) is 20.0 Å². The lowest BCUT2D eigenvalue weighted by atomic mass is 9.84. The third-order valence-electron chi connectivity index (χ3n) is 5.84. The molecule has 2 amide bonds. The quantitative estimate of drug-likeness (QED) is 0.739. The molecule has 28 heavy (non-hydrogen) atoms. The molecule has 144 valence electrons. The van der Waals surface area contributed by atoms with Crippen LogP contribution in [0.25, 0.3) is 10.9 Å². The molecule has 0 aliphatic carbocycles. The fourth-order valence-electron chi connectivity index (χ4n) is 4.24. The van der Waals surface area contributed by atoms with Gasteiger partial charge in [-0.3, -0.25) is 0 Å². The fourth-order valence-corrected chi connectivity index (χ4v) is 4.24. The normalized spacial score (nSPS) is 17.1. The topological polar surface area (TPSA) is 46.5 Å². The van der Waals surface area contributed by atoms with E-state index in [0.717, 1.165) is 29.7 Å². The monoisotopic (exact) mass is 379 g/mol. The Kier molecular flexibility index (Phi) is 3.82. The second kappa shape index (κ2) is 6.26. The highest BCUT2D eigenvalue weighted by Crippen LogP contribution is 2.38. The van der Waals surface area contributed by atoms with Gasteiger partial charge in [0.05, 0.1) is 13.1 Å². The summed E-state index contributed by atoms with van der Waals surface area (Å²) in [6, 6.07) is 12.9. The van der Waals surface area contributed by atoms with Crippen molar-refractivity contribution in [1.29, 1.82) is 0 Å². The van der Waals surface area contributed by atoms with E-state index in [-0.39, 0.29) is 17.4 Å². The van der Waals surface area contributed by atoms with Crippen molar-refractivity contribution < 1.29 is 13.9 Å². The van der Waals surface area contributed by atoms with Crippen LogP contribution < -0.4 is 10.1 Å². The first kappa shape index (κ1) is 17.1. The summed E-state index contributed by atoms with van der Waals surface area (Å²) in [6.07, 6.45) is 3.61. The van der Waals surface area contributed by atoms with Gasteiger partial charge in [-0.15, -0.1) is 0 Å². The molecule has 1 fully saturated rings. The molecule has 2 aromatic carbocycles. The molecule has 5 rings (SSSR count). The standard InChI is InChI=1S/C22H22FN3O2/c1-25-9-7-16-10-15(2-4-19(16)25)12-24-21(27)26-13-22(14-26)8-6-17-11-18(23)3-5-20(17)28-22/h2-5,7,9-11H,6,8,12-14H2,1H3,(H,24,27). The number of halogens is 1. The fraction of sp³-hybridized carbons (Fsp3) is 0.318. The van der Waals surface area contributed by atoms with Gasteiger partial charge < -0.3 is 19.5 Å². The maximum absolute atomic E-state index is 13.3. The van der Waals surface area contributed by atoms with Crippen molar-refractivity contribution in [3.05, 3.63) is 65.6 Å². The third-order valence-corrected chi connectivity index (χ3v) is 5.84. The van der Waals surface area contributed by atoms with E-state index in [1.165, 1.54) is 23.0 Å². The summed E-state index contributed by atoms with van der Waals surface area (Å²) in [6.45, 7) is 1.62. The van der Waals surface area contributed by atoms with Gasteiger partial charge in [-0.05, 0) is 65.8 Å². The molecule has 0 bridgehead atoms. The number of carbonyl (C=O) groups excluding carboxylic acids is 1. The first-order valence-electron chi connectivity index (χ1n) is 9.56. The van der Waals surface area contributed by atoms with Crippen molar-refractivity contribution in [1.82, 2.24) is 14.8 Å². The number of carbonyl (C=O) groups is 1. The van der Waals surface area contributed by atoms with Gasteiger partial charge in [0.15, 0.2) is 0 Å². The highest BCUT2D eigenvalue weighted by atomic mass is 19.1. The number of rotatable bonds is 2. The van der Waals surface area contributed by atoms with E-state index in [0.29, 0.717) is 19.6 Å². The Bertz CT molecular complexity index is 1070. The zero-order valence-corrected chi connectivity index (χ0v) is 15.7. The van der Waals surface area contributed by atoms with Crippen LogP contribution in [0, 0.1) is 5.82 Å². The van der Waals surface area contributed by atoms with Crippen molar-refractivity contribution in [3.8, 4) is 5.75 Å². The Hall–Kier alpha value is -3.02. The van der Waals surface area contributed by atoms with E-state index < -0.39 is 0 Å². The molecule has 1 spiro atoms. The van der Waals surface area contributed by atoms with E-state index in [2.05, 4.69) is 28.1 Å². The molecule has 1 aromatic heterocycles. The van der Waals surface area contributed by atoms with E-state index in [1.807, 2.05) is 19.3 Å². The Morgan fingerprint density at radius 3 is 2.93 bits per heavy atom. The summed E-state index contributed by atoms with van der Waals surface area (Å²) >= 11 is 0. The first-order valence-corrected chi connectivity index (χ1v) is 9.56. The smallest absolute Gasteiger partial charge is 0.317 e. The zero-order valence-electron chi connectivity index (χ0n) is 15.7. The van der Waals surface area contributed by atoms with Crippen molar-refractivity contribution in [3.63, 3.8) is 0 Å². The highest BCUT2D eigenvalue weighted by Gasteiger charge is 2.49. The average Bonchev–Trinajstić information content (AvgIpc) is 3.04. The molecule has 0 atom stereocenters. The number of likely N-dealkylation sites (tertiary alicyclic amines) is 1. The minimum Gasteiger partial charge on any atom is -0.483 e. The van der Waals surface area contributed by atoms with Crippen LogP contribution in [-0.4, -0.2) is 34.2 Å². The number of nitrogens with one attached hydrogen (secondary N) is 1. The van der Waals surface area contributed by atoms with Gasteiger partial charge in [-0.1, -0.05) is 6.07 Å². The van der Waals surface area contributed by atoms with Gasteiger partial charge in [0.2, 0.25) is 0 Å². The van der Waals surface area contributed by atoms with Crippen molar-refractivity contribution in [2.24, 2.45) is 7.05 Å². The minimum absolute atomic E-state index is 0.0766. The molecular formula is C22H22FN3O2. The number of hydrogen-bond acceptors (Lipinski definition) is 2. The summed E-state index contributed by atoms with van der Waals surface area (Å²) in [7, 11) is 2.02. The van der Waals surface area contributed by atoms with Crippen LogP contribution >= 0.6 is 0 Å². The molecule has 0 unspecified atom stereocenters. The number of aromatic nitrogens is 1. The SMILES string of the molecule is Cn1ccc2cc(CNC(=O)N3CC4(CCc5cc(F)ccc5O4)C3)ccc21. The Labute approximate surface area is 162 Å². The predicted octanol–water partition coefficient (Wildman–Crippen LogP) is 3.61. The number of urea groups is 1. The van der Waals surface area contributed by atoms with E-state index >= 15 is 0 Å². The average molecular weight is 379 g/mol. The number of benzene rings is 2. The van der Waals surface area contributed by atoms with E-state index in [9.17, 15) is 9.18 Å². The number of fused-ring (bicyclic) bond motifs is 2. The summed E-state index contributed by atoms with van der Waals surface area (Å²) in [5.41, 5.74) is 2.83. The van der Waals surface area contributed by atoms with Crippen molar-refractivity contribution in [2.45, 2.75) is 25.0 Å². The Morgan fingerprint density at radius 2 is 2.07 bits per heavy atom. The highest BCUT2D eigenvalue weighted by molar-refractivity contribution is 5.81. The van der Waals surface area contributed by atoms with Crippen LogP contribution in [0.1, 0.15) is 17.5 Å². The van der Waals surface area contributed by atoms with Crippen LogP contribution in [0.4, 0.5) is 9.18 Å². The molecule has 1 N–H and O–H groups in total. The number of amides is 2. The van der Waals surface area contributed by atoms with Crippen molar-refractivity contribution >= 4 is 16.9 Å². The third kappa shape index (κ3) is 2.89. The number of ether oxygens (including phenoxy) is 1. The summed E-state index contributed by atoms with van der Waals surface area (Å²) in [4.78, 5) is 14.3. The maximum Gasteiger partial charge on any atom is 0.317 e. The van der Waals surface area contributed by atoms with E-state index in [4.69, 9.17) is 4.74 Å². The summed E-state index contributed by atoms with van der Waals surface area (Å²) in [5, 5.41) is 4.17.